The fourth-order valence-electron chi connectivity index (χ4n) is 0.681. The van der Waals surface area contributed by atoms with Crippen molar-refractivity contribution in [2.45, 2.75) is 18.7 Å². The van der Waals surface area contributed by atoms with Crippen molar-refractivity contribution in [3.05, 3.63) is 16.6 Å². The zero-order valence-corrected chi connectivity index (χ0v) is 10.1. The molecule has 0 fully saturated rings. The van der Waals surface area contributed by atoms with Gasteiger partial charge in [-0.05, 0) is 40.0 Å². The molecule has 0 saturated heterocycles. The van der Waals surface area contributed by atoms with Crippen LogP contribution in [0.4, 0.5) is 11.4 Å². The van der Waals surface area contributed by atoms with Gasteiger partial charge in [0.25, 0.3) is 0 Å². The maximum absolute atomic E-state index is 5.58. The predicted octanol–water partition coefficient (Wildman–Crippen LogP) is 2.61. The molecular formula is C8H14BrN3S. The lowest BCUT2D eigenvalue weighted by Crippen LogP contribution is -1.96. The molecule has 0 radical (unpaired) electrons. The van der Waals surface area contributed by atoms with Crippen molar-refractivity contribution in [2.24, 2.45) is 5.14 Å². The van der Waals surface area contributed by atoms with Gasteiger partial charge in [-0.3, -0.25) is 5.14 Å². The van der Waals surface area contributed by atoms with Gasteiger partial charge in [-0.15, -0.1) is 0 Å². The minimum atomic E-state index is 0.548. The fraction of sp³-hybridized carbons (Fsp3) is 0.250. The molecule has 13 heavy (non-hydrogen) atoms. The van der Waals surface area contributed by atoms with Crippen LogP contribution in [0, 0.1) is 0 Å². The molecule has 6 N–H and O–H groups in total. The standard InChI is InChI=1S/C6H8BrN3S.C2H6/c7-4-1-3(11-10)2-5(8)6(4)9;1-2/h1-2H,8-10H2;1-2H3. The normalized spacial score (nSPS) is 8.92. The summed E-state index contributed by atoms with van der Waals surface area (Å²) in [6.45, 7) is 4.00. The van der Waals surface area contributed by atoms with Crippen LogP contribution in [0.5, 0.6) is 0 Å². The van der Waals surface area contributed by atoms with Crippen LogP contribution in [0.15, 0.2) is 21.5 Å². The van der Waals surface area contributed by atoms with E-state index in [0.717, 1.165) is 21.3 Å². The Morgan fingerprint density at radius 1 is 1.23 bits per heavy atom. The number of rotatable bonds is 1. The van der Waals surface area contributed by atoms with Crippen LogP contribution in [0.2, 0.25) is 0 Å². The quantitative estimate of drug-likeness (QED) is 0.538. The first kappa shape index (κ1) is 12.6. The van der Waals surface area contributed by atoms with Gasteiger partial charge in [-0.2, -0.15) is 0 Å². The van der Waals surface area contributed by atoms with Crippen LogP contribution < -0.4 is 16.6 Å². The van der Waals surface area contributed by atoms with Crippen LogP contribution in [0.3, 0.4) is 0 Å². The maximum Gasteiger partial charge on any atom is 0.0692 e. The highest BCUT2D eigenvalue weighted by Gasteiger charge is 2.01. The lowest BCUT2D eigenvalue weighted by Gasteiger charge is -2.04. The van der Waals surface area contributed by atoms with Crippen LogP contribution >= 0.6 is 27.9 Å². The zero-order valence-electron chi connectivity index (χ0n) is 7.67. The fourth-order valence-corrected chi connectivity index (χ4v) is 1.69. The van der Waals surface area contributed by atoms with Crippen molar-refractivity contribution >= 4 is 39.3 Å². The average molecular weight is 264 g/mol. The number of hydrogen-bond acceptors (Lipinski definition) is 4. The van der Waals surface area contributed by atoms with E-state index in [4.69, 9.17) is 16.6 Å². The van der Waals surface area contributed by atoms with Gasteiger partial charge in [0, 0.05) is 9.37 Å². The number of hydrogen-bond donors (Lipinski definition) is 3. The first-order chi connectivity index (χ1) is 6.15. The summed E-state index contributed by atoms with van der Waals surface area (Å²) in [6, 6.07) is 3.57. The molecule has 1 aromatic carbocycles. The second-order valence-electron chi connectivity index (χ2n) is 2.03. The molecule has 0 amide bonds. The van der Waals surface area contributed by atoms with Gasteiger partial charge < -0.3 is 11.5 Å². The Morgan fingerprint density at radius 3 is 2.15 bits per heavy atom. The molecule has 0 aliphatic carbocycles. The third kappa shape index (κ3) is 3.46. The predicted molar refractivity (Wildman–Crippen MR) is 64.4 cm³/mol. The van der Waals surface area contributed by atoms with E-state index >= 15 is 0 Å². The molecule has 0 aliphatic heterocycles. The lowest BCUT2D eigenvalue weighted by atomic mass is 10.3. The molecule has 0 bridgehead atoms. The van der Waals surface area contributed by atoms with Crippen LogP contribution in [0.25, 0.3) is 0 Å². The Bertz CT molecular complexity index is 255. The SMILES string of the molecule is CC.NSc1cc(N)c(N)c(Br)c1. The van der Waals surface area contributed by atoms with E-state index in [1.54, 1.807) is 6.07 Å². The van der Waals surface area contributed by atoms with Crippen molar-refractivity contribution in [1.29, 1.82) is 0 Å². The van der Waals surface area contributed by atoms with Crippen molar-refractivity contribution in [2.75, 3.05) is 11.5 Å². The third-order valence-corrected chi connectivity index (χ3v) is 2.44. The second kappa shape index (κ2) is 6.12. The summed E-state index contributed by atoms with van der Waals surface area (Å²) in [6.07, 6.45) is 0. The number of benzene rings is 1. The van der Waals surface area contributed by atoms with Gasteiger partial charge in [0.2, 0.25) is 0 Å². The Morgan fingerprint density at radius 2 is 1.77 bits per heavy atom. The minimum absolute atomic E-state index is 0.548. The molecule has 0 atom stereocenters. The Balaban J connectivity index is 0.000000671. The van der Waals surface area contributed by atoms with Gasteiger partial charge in [-0.1, -0.05) is 13.8 Å². The van der Waals surface area contributed by atoms with Crippen LogP contribution in [0.1, 0.15) is 13.8 Å². The van der Waals surface area contributed by atoms with E-state index in [2.05, 4.69) is 15.9 Å². The van der Waals surface area contributed by atoms with E-state index in [1.165, 1.54) is 0 Å². The van der Waals surface area contributed by atoms with Gasteiger partial charge in [0.05, 0.1) is 11.4 Å². The van der Waals surface area contributed by atoms with Gasteiger partial charge in [0.15, 0.2) is 0 Å². The number of halogens is 1. The van der Waals surface area contributed by atoms with Crippen molar-refractivity contribution in [3.63, 3.8) is 0 Å². The Kier molecular flexibility index (Phi) is 5.94. The molecule has 0 aliphatic rings. The van der Waals surface area contributed by atoms with E-state index in [1.807, 2.05) is 19.9 Å². The second-order valence-corrected chi connectivity index (χ2v) is 3.59. The third-order valence-electron chi connectivity index (χ3n) is 1.27. The summed E-state index contributed by atoms with van der Waals surface area (Å²) >= 11 is 4.40. The largest absolute Gasteiger partial charge is 0.397 e. The zero-order chi connectivity index (χ0) is 10.4. The van der Waals surface area contributed by atoms with E-state index in [0.29, 0.717) is 11.4 Å². The molecular weight excluding hydrogens is 250 g/mol. The van der Waals surface area contributed by atoms with Gasteiger partial charge in [-0.25, -0.2) is 0 Å². The van der Waals surface area contributed by atoms with E-state index in [-0.39, 0.29) is 0 Å². The summed E-state index contributed by atoms with van der Waals surface area (Å²) in [5.41, 5.74) is 12.3. The molecule has 1 aromatic rings. The number of nitrogen functional groups attached to an aromatic ring is 2. The molecule has 0 aromatic heterocycles. The Labute approximate surface area is 91.3 Å². The molecule has 0 saturated carbocycles. The minimum Gasteiger partial charge on any atom is -0.397 e. The van der Waals surface area contributed by atoms with Crippen molar-refractivity contribution in [3.8, 4) is 0 Å². The molecule has 74 valence electrons. The molecule has 0 spiro atoms. The van der Waals surface area contributed by atoms with E-state index < -0.39 is 0 Å². The first-order valence-electron chi connectivity index (χ1n) is 3.86. The molecule has 5 heteroatoms. The number of nitrogens with two attached hydrogens (primary N) is 3. The molecule has 0 heterocycles. The van der Waals surface area contributed by atoms with Gasteiger partial charge in [0.1, 0.15) is 0 Å². The molecule has 0 unspecified atom stereocenters. The van der Waals surface area contributed by atoms with Crippen LogP contribution in [-0.2, 0) is 0 Å². The smallest absolute Gasteiger partial charge is 0.0692 e. The Hall–Kier alpha value is -0.390. The summed E-state index contributed by atoms with van der Waals surface area (Å²) in [5, 5.41) is 5.34. The topological polar surface area (TPSA) is 78.1 Å². The van der Waals surface area contributed by atoms with Crippen LogP contribution in [-0.4, -0.2) is 0 Å². The maximum atomic E-state index is 5.58. The van der Waals surface area contributed by atoms with Crippen molar-refractivity contribution in [1.82, 2.24) is 0 Å². The number of anilines is 2. The van der Waals surface area contributed by atoms with E-state index in [9.17, 15) is 0 Å². The summed E-state index contributed by atoms with van der Waals surface area (Å²) in [7, 11) is 0. The highest BCUT2D eigenvalue weighted by atomic mass is 79.9. The van der Waals surface area contributed by atoms with Crippen molar-refractivity contribution < 1.29 is 0 Å². The first-order valence-corrected chi connectivity index (χ1v) is 5.53. The summed E-state index contributed by atoms with van der Waals surface area (Å²) in [5.74, 6) is 0. The van der Waals surface area contributed by atoms with Gasteiger partial charge >= 0.3 is 0 Å². The lowest BCUT2D eigenvalue weighted by molar-refractivity contribution is 1.43. The summed E-state index contributed by atoms with van der Waals surface area (Å²) < 4.78 is 0.783. The average Bonchev–Trinajstić information content (AvgIpc) is 2.16. The highest BCUT2D eigenvalue weighted by molar-refractivity contribution is 9.10. The highest BCUT2D eigenvalue weighted by Crippen LogP contribution is 2.29. The summed E-state index contributed by atoms with van der Waals surface area (Å²) in [4.78, 5) is 0.892. The molecule has 3 nitrogen and oxygen atoms in total. The molecule has 1 rings (SSSR count). The monoisotopic (exact) mass is 263 g/mol.